The molecule has 0 bridgehead atoms. The number of aliphatic hydroxyl groups is 1. The molecule has 8 heteroatoms. The summed E-state index contributed by atoms with van der Waals surface area (Å²) in [4.78, 5) is 14.2. The minimum absolute atomic E-state index is 0.119. The molecule has 0 aromatic carbocycles. The molecule has 1 aromatic heterocycles. The van der Waals surface area contributed by atoms with Crippen LogP contribution in [0.5, 0.6) is 0 Å². The summed E-state index contributed by atoms with van der Waals surface area (Å²) in [7, 11) is 0. The number of anilines is 1. The number of aromatic nitrogens is 2. The predicted molar refractivity (Wildman–Crippen MR) is 78.4 cm³/mol. The number of hydrogen-bond acceptors (Lipinski definition) is 6. The Bertz CT molecular complexity index is 487. The topological polar surface area (TPSA) is 82.4 Å². The lowest BCUT2D eigenvalue weighted by Gasteiger charge is -2.27. The molecule has 0 spiro atoms. The fourth-order valence-electron chi connectivity index (χ4n) is 2.13. The van der Waals surface area contributed by atoms with Crippen LogP contribution < -0.4 is 16.2 Å². The van der Waals surface area contributed by atoms with Gasteiger partial charge in [-0.2, -0.15) is 5.10 Å². The summed E-state index contributed by atoms with van der Waals surface area (Å²) in [6.45, 7) is 5.72. The van der Waals surface area contributed by atoms with E-state index in [0.29, 0.717) is 12.2 Å². The number of nitrogens with zero attached hydrogens (tertiary/aromatic N) is 3. The maximum Gasteiger partial charge on any atom is 0.287 e. The molecule has 0 aliphatic carbocycles. The van der Waals surface area contributed by atoms with Gasteiger partial charge < -0.3 is 15.7 Å². The monoisotopic (exact) mass is 301 g/mol. The molecular weight excluding hydrogens is 282 g/mol. The Labute approximate surface area is 122 Å². The first-order valence-electron chi connectivity index (χ1n) is 6.76. The van der Waals surface area contributed by atoms with Crippen LogP contribution in [0, 0.1) is 0 Å². The molecule has 7 nitrogen and oxygen atoms in total. The summed E-state index contributed by atoms with van der Waals surface area (Å²) >= 11 is 6.01. The normalized spacial score (nSPS) is 16.3. The minimum Gasteiger partial charge on any atom is -0.394 e. The number of hydrogen-bond donors (Lipinski definition) is 3. The summed E-state index contributed by atoms with van der Waals surface area (Å²) in [6.07, 6.45) is 1.52. The second-order valence-corrected chi connectivity index (χ2v) is 5.02. The van der Waals surface area contributed by atoms with Crippen LogP contribution in [0.2, 0.25) is 5.02 Å². The number of halogens is 1. The lowest BCUT2D eigenvalue weighted by Crippen LogP contribution is -2.45. The van der Waals surface area contributed by atoms with Gasteiger partial charge in [-0.15, -0.1) is 0 Å². The molecule has 3 N–H and O–H groups in total. The number of nitrogens with one attached hydrogen (secondary N) is 2. The van der Waals surface area contributed by atoms with E-state index >= 15 is 0 Å². The highest BCUT2D eigenvalue weighted by Crippen LogP contribution is 2.14. The van der Waals surface area contributed by atoms with Crippen LogP contribution in [0.15, 0.2) is 11.0 Å². The zero-order valence-corrected chi connectivity index (χ0v) is 12.1. The Balaban J connectivity index is 1.89. The Hall–Kier alpha value is -1.15. The number of piperazine rings is 1. The van der Waals surface area contributed by atoms with E-state index < -0.39 is 0 Å². The first-order valence-corrected chi connectivity index (χ1v) is 7.13. The fraction of sp³-hybridized carbons (Fsp3) is 0.667. The van der Waals surface area contributed by atoms with Gasteiger partial charge in [-0.05, 0) is 0 Å². The van der Waals surface area contributed by atoms with E-state index in [2.05, 4.69) is 20.6 Å². The van der Waals surface area contributed by atoms with E-state index in [1.807, 2.05) is 0 Å². The van der Waals surface area contributed by atoms with Crippen LogP contribution in [-0.2, 0) is 6.54 Å². The quantitative estimate of drug-likeness (QED) is 0.639. The predicted octanol–water partition coefficient (Wildman–Crippen LogP) is -0.794. The largest absolute Gasteiger partial charge is 0.394 e. The van der Waals surface area contributed by atoms with Crippen molar-refractivity contribution >= 4 is 17.3 Å². The third-order valence-electron chi connectivity index (χ3n) is 3.25. The standard InChI is InChI=1S/C12H20ClN5O2/c13-11-10(9-16-18(7-8-19)12(11)20)15-3-6-17-4-1-14-2-5-17/h9,14-15,19H,1-8H2. The molecule has 20 heavy (non-hydrogen) atoms. The third-order valence-corrected chi connectivity index (χ3v) is 3.62. The average Bonchev–Trinajstić information content (AvgIpc) is 2.48. The molecule has 1 aliphatic heterocycles. The van der Waals surface area contributed by atoms with Gasteiger partial charge in [-0.25, -0.2) is 4.68 Å². The molecule has 1 saturated heterocycles. The van der Waals surface area contributed by atoms with Crippen molar-refractivity contribution in [2.45, 2.75) is 6.54 Å². The van der Waals surface area contributed by atoms with Gasteiger partial charge >= 0.3 is 0 Å². The molecule has 2 heterocycles. The first kappa shape index (κ1) is 15.2. The van der Waals surface area contributed by atoms with Crippen molar-refractivity contribution in [2.75, 3.05) is 51.2 Å². The van der Waals surface area contributed by atoms with Crippen LogP contribution in [0.4, 0.5) is 5.69 Å². The van der Waals surface area contributed by atoms with E-state index in [1.165, 1.54) is 6.20 Å². The molecular formula is C12H20ClN5O2. The summed E-state index contributed by atoms with van der Waals surface area (Å²) in [5.41, 5.74) is 0.161. The summed E-state index contributed by atoms with van der Waals surface area (Å²) in [5.74, 6) is 0. The zero-order valence-electron chi connectivity index (χ0n) is 11.3. The van der Waals surface area contributed by atoms with E-state index in [4.69, 9.17) is 16.7 Å². The van der Waals surface area contributed by atoms with Crippen molar-refractivity contribution in [1.29, 1.82) is 0 Å². The van der Waals surface area contributed by atoms with Crippen molar-refractivity contribution < 1.29 is 5.11 Å². The Morgan fingerprint density at radius 2 is 2.15 bits per heavy atom. The van der Waals surface area contributed by atoms with Gasteiger partial charge in [-0.3, -0.25) is 9.69 Å². The van der Waals surface area contributed by atoms with Gasteiger partial charge in [0.05, 0.1) is 25.0 Å². The van der Waals surface area contributed by atoms with E-state index in [0.717, 1.165) is 37.4 Å². The molecule has 0 amide bonds. The van der Waals surface area contributed by atoms with Crippen LogP contribution in [-0.4, -0.2) is 65.7 Å². The van der Waals surface area contributed by atoms with Crippen LogP contribution in [0.3, 0.4) is 0 Å². The maximum atomic E-state index is 11.8. The van der Waals surface area contributed by atoms with Crippen molar-refractivity contribution in [1.82, 2.24) is 20.0 Å². The van der Waals surface area contributed by atoms with Gasteiger partial charge in [0.15, 0.2) is 0 Å². The molecule has 0 unspecified atom stereocenters. The van der Waals surface area contributed by atoms with E-state index in [1.54, 1.807) is 0 Å². The first-order chi connectivity index (χ1) is 9.72. The SMILES string of the molecule is O=c1c(Cl)c(NCCN2CCNCC2)cnn1CCO. The van der Waals surface area contributed by atoms with Crippen LogP contribution >= 0.6 is 11.6 Å². The molecule has 112 valence electrons. The number of aliphatic hydroxyl groups excluding tert-OH is 1. The fourth-order valence-corrected chi connectivity index (χ4v) is 2.34. The molecule has 0 atom stereocenters. The van der Waals surface area contributed by atoms with E-state index in [-0.39, 0.29) is 23.7 Å². The van der Waals surface area contributed by atoms with Gasteiger partial charge in [0.1, 0.15) is 5.02 Å². The smallest absolute Gasteiger partial charge is 0.287 e. The Morgan fingerprint density at radius 1 is 1.40 bits per heavy atom. The number of rotatable bonds is 6. The van der Waals surface area contributed by atoms with Crippen molar-refractivity contribution in [2.24, 2.45) is 0 Å². The highest BCUT2D eigenvalue weighted by molar-refractivity contribution is 6.32. The maximum absolute atomic E-state index is 11.8. The van der Waals surface area contributed by atoms with Gasteiger partial charge in [0, 0.05) is 39.3 Å². The molecule has 2 rings (SSSR count). The summed E-state index contributed by atoms with van der Waals surface area (Å²) in [5, 5.41) is 19.3. The summed E-state index contributed by atoms with van der Waals surface area (Å²) in [6, 6.07) is 0. The lowest BCUT2D eigenvalue weighted by molar-refractivity contribution is 0.249. The average molecular weight is 302 g/mol. The van der Waals surface area contributed by atoms with Crippen LogP contribution in [0.1, 0.15) is 0 Å². The van der Waals surface area contributed by atoms with Crippen LogP contribution in [0.25, 0.3) is 0 Å². The highest BCUT2D eigenvalue weighted by Gasteiger charge is 2.11. The third kappa shape index (κ3) is 3.92. The van der Waals surface area contributed by atoms with Gasteiger partial charge in [-0.1, -0.05) is 11.6 Å². The second-order valence-electron chi connectivity index (χ2n) is 4.64. The highest BCUT2D eigenvalue weighted by atomic mass is 35.5. The molecule has 0 radical (unpaired) electrons. The summed E-state index contributed by atoms with van der Waals surface area (Å²) < 4.78 is 1.16. The minimum atomic E-state index is -0.382. The van der Waals surface area contributed by atoms with Crippen molar-refractivity contribution in [3.63, 3.8) is 0 Å². The molecule has 0 saturated carbocycles. The zero-order chi connectivity index (χ0) is 14.4. The Kier molecular flexibility index (Phi) is 5.78. The molecule has 1 aliphatic rings. The molecule has 1 aromatic rings. The lowest BCUT2D eigenvalue weighted by atomic mass is 10.3. The van der Waals surface area contributed by atoms with Gasteiger partial charge in [0.25, 0.3) is 5.56 Å². The van der Waals surface area contributed by atoms with Crippen molar-refractivity contribution in [3.8, 4) is 0 Å². The van der Waals surface area contributed by atoms with Gasteiger partial charge in [0.2, 0.25) is 0 Å². The second kappa shape index (κ2) is 7.58. The van der Waals surface area contributed by atoms with E-state index in [9.17, 15) is 4.79 Å². The molecule has 1 fully saturated rings. The Morgan fingerprint density at radius 3 is 2.85 bits per heavy atom. The van der Waals surface area contributed by atoms with Crippen molar-refractivity contribution in [3.05, 3.63) is 21.6 Å².